The molecule has 0 aromatic carbocycles. The third-order valence-corrected chi connectivity index (χ3v) is 3.98. The maximum absolute atomic E-state index is 11.7. The average molecular weight is 401 g/mol. The molecule has 2 N–H and O–H groups in total. The zero-order chi connectivity index (χ0) is 20.5. The first-order chi connectivity index (χ1) is 12.0. The van der Waals surface area contributed by atoms with E-state index in [-0.39, 0.29) is 12.5 Å². The molecule has 0 heterocycles. The topological polar surface area (TPSA) is 142 Å². The molecule has 26 heavy (non-hydrogen) atoms. The molecule has 0 atom stereocenters. The summed E-state index contributed by atoms with van der Waals surface area (Å²) >= 11 is 0. The summed E-state index contributed by atoms with van der Waals surface area (Å²) in [6.45, 7) is 4.96. The lowest BCUT2D eigenvalue weighted by atomic mass is 10.1. The van der Waals surface area contributed by atoms with Gasteiger partial charge in [-0.3, -0.25) is 4.79 Å². The Morgan fingerprint density at radius 1 is 0.923 bits per heavy atom. The second-order valence-corrected chi connectivity index (χ2v) is 7.82. The Bertz CT molecular complexity index is 332. The molecule has 0 aliphatic heterocycles. The number of hydrogen-bond acceptors (Lipinski definition) is 6. The summed E-state index contributed by atoms with van der Waals surface area (Å²) in [6, 6.07) is 0. The van der Waals surface area contributed by atoms with Gasteiger partial charge in [-0.05, 0) is 6.42 Å². The molecule has 0 aliphatic rings. The van der Waals surface area contributed by atoms with Gasteiger partial charge < -0.3 is 14.9 Å². The summed E-state index contributed by atoms with van der Waals surface area (Å²) in [4.78, 5) is 11.7. The Hall–Kier alpha value is -0.480. The molecule has 1 amide bonds. The Kier molecular flexibility index (Phi) is 17.8. The van der Waals surface area contributed by atoms with E-state index in [1.807, 2.05) is 0 Å². The van der Waals surface area contributed by atoms with E-state index >= 15 is 0 Å². The molecule has 0 unspecified atom stereocenters. The minimum absolute atomic E-state index is 0.191. The largest absolute Gasteiger partial charge is 0.391 e. The monoisotopic (exact) mass is 400 g/mol. The number of carbonyl (C=O) groups is 1. The van der Waals surface area contributed by atoms with Crippen LogP contribution in [0.1, 0.15) is 64.7 Å². The van der Waals surface area contributed by atoms with Gasteiger partial charge in [0.1, 0.15) is 6.54 Å². The predicted octanol–water partition coefficient (Wildman–Crippen LogP) is -2.05. The molecular formula is C17H37ClN2O6. The minimum Gasteiger partial charge on any atom is -0.391 e. The second kappa shape index (κ2) is 16.7. The number of unbranched alkanes of at least 4 members (excludes halogenated alkanes) is 6. The van der Waals surface area contributed by atoms with Crippen LogP contribution in [0.25, 0.3) is 0 Å². The number of rotatable bonds is 14. The number of quaternary nitrogens is 1. The second-order valence-electron chi connectivity index (χ2n) is 7.06. The highest BCUT2D eigenvalue weighted by molar-refractivity contribution is 5.75. The van der Waals surface area contributed by atoms with E-state index < -0.39 is 10.2 Å². The van der Waals surface area contributed by atoms with Crippen LogP contribution < -0.4 is 24.0 Å². The molecule has 0 spiro atoms. The van der Waals surface area contributed by atoms with Gasteiger partial charge in [-0.2, -0.15) is 0 Å². The van der Waals surface area contributed by atoms with Crippen molar-refractivity contribution in [3.8, 4) is 0 Å². The normalized spacial score (nSPS) is 11.7. The molecule has 8 nitrogen and oxygen atoms in total. The van der Waals surface area contributed by atoms with Crippen molar-refractivity contribution in [1.29, 1.82) is 0 Å². The molecule has 0 bridgehead atoms. The molecule has 0 aliphatic carbocycles. The van der Waals surface area contributed by atoms with E-state index in [2.05, 4.69) is 26.3 Å². The first-order valence-corrected chi connectivity index (χ1v) is 10.6. The number of likely N-dealkylation sites (N-methyl/N-ethyl adjacent to an activating group) is 1. The van der Waals surface area contributed by atoms with Crippen LogP contribution in [-0.2, 0) is 4.79 Å². The summed E-state index contributed by atoms with van der Waals surface area (Å²) in [5.74, 6) is 0.191. The summed E-state index contributed by atoms with van der Waals surface area (Å²) in [5, 5.41) is 11.9. The molecule has 0 aromatic heterocycles. The van der Waals surface area contributed by atoms with Crippen molar-refractivity contribution in [2.75, 3.05) is 40.3 Å². The lowest BCUT2D eigenvalue weighted by Gasteiger charge is -2.28. The van der Waals surface area contributed by atoms with Crippen LogP contribution in [0.2, 0.25) is 0 Å². The predicted molar refractivity (Wildman–Crippen MR) is 89.2 cm³/mol. The molecule has 0 radical (unpaired) electrons. The van der Waals surface area contributed by atoms with Crippen LogP contribution in [0, 0.1) is 10.2 Å². The number of nitrogens with one attached hydrogen (secondary N) is 1. The zero-order valence-corrected chi connectivity index (χ0v) is 17.3. The smallest absolute Gasteiger partial charge is 0.219 e. The summed E-state index contributed by atoms with van der Waals surface area (Å²) in [6.07, 6.45) is 10.4. The highest BCUT2D eigenvalue weighted by Gasteiger charge is 2.13. The van der Waals surface area contributed by atoms with Gasteiger partial charge in [0.15, 0.2) is 0 Å². The van der Waals surface area contributed by atoms with Crippen molar-refractivity contribution in [1.82, 2.24) is 5.32 Å². The van der Waals surface area contributed by atoms with E-state index in [0.29, 0.717) is 6.42 Å². The van der Waals surface area contributed by atoms with Crippen molar-refractivity contribution < 1.29 is 43.3 Å². The van der Waals surface area contributed by atoms with Crippen LogP contribution in [-0.4, -0.2) is 55.8 Å². The van der Waals surface area contributed by atoms with E-state index in [9.17, 15) is 4.79 Å². The first-order valence-electron chi connectivity index (χ1n) is 9.33. The van der Waals surface area contributed by atoms with Gasteiger partial charge in [0.25, 0.3) is 0 Å². The Morgan fingerprint density at radius 3 is 1.92 bits per heavy atom. The van der Waals surface area contributed by atoms with Gasteiger partial charge in [-0.1, -0.05) is 45.4 Å². The Balaban J connectivity index is 0. The fourth-order valence-corrected chi connectivity index (χ4v) is 2.45. The van der Waals surface area contributed by atoms with Crippen molar-refractivity contribution in [2.24, 2.45) is 0 Å². The highest BCUT2D eigenvalue weighted by atomic mass is 35.7. The fraction of sp³-hybridized carbons (Fsp3) is 0.941. The summed E-state index contributed by atoms with van der Waals surface area (Å²) in [7, 11) is -0.729. The molecular weight excluding hydrogens is 364 g/mol. The van der Waals surface area contributed by atoms with Crippen LogP contribution in [0.15, 0.2) is 0 Å². The van der Waals surface area contributed by atoms with Crippen molar-refractivity contribution >= 4 is 5.91 Å². The Labute approximate surface area is 160 Å². The maximum atomic E-state index is 11.7. The lowest BCUT2D eigenvalue weighted by molar-refractivity contribution is -2.00. The van der Waals surface area contributed by atoms with Crippen molar-refractivity contribution in [2.45, 2.75) is 64.7 Å². The summed E-state index contributed by atoms with van der Waals surface area (Å²) < 4.78 is 34.8. The van der Waals surface area contributed by atoms with Gasteiger partial charge in [-0.15, -0.1) is 10.2 Å². The first kappa shape index (κ1) is 27.7. The SMILES string of the molecule is CCCCCCCCCC(=O)NCCC[N+](C)(C)CCO.[O-][Cl+3]([O-])([O-])[O-]. The van der Waals surface area contributed by atoms with Crippen LogP contribution >= 0.6 is 0 Å². The van der Waals surface area contributed by atoms with Crippen molar-refractivity contribution in [3.63, 3.8) is 0 Å². The Morgan fingerprint density at radius 2 is 1.42 bits per heavy atom. The number of amides is 1. The van der Waals surface area contributed by atoms with E-state index in [1.54, 1.807) is 0 Å². The third-order valence-electron chi connectivity index (χ3n) is 3.98. The molecule has 0 saturated heterocycles. The highest BCUT2D eigenvalue weighted by Crippen LogP contribution is 2.08. The van der Waals surface area contributed by atoms with Crippen LogP contribution in [0.3, 0.4) is 0 Å². The summed E-state index contributed by atoms with van der Waals surface area (Å²) in [5.41, 5.74) is 0. The number of halogens is 1. The van der Waals surface area contributed by atoms with Crippen molar-refractivity contribution in [3.05, 3.63) is 0 Å². The lowest BCUT2D eigenvalue weighted by Crippen LogP contribution is -2.68. The number of nitrogens with zero attached hydrogens (tertiary/aromatic N) is 1. The molecule has 0 fully saturated rings. The van der Waals surface area contributed by atoms with Gasteiger partial charge in [0, 0.05) is 19.4 Å². The van der Waals surface area contributed by atoms with Crippen LogP contribution in [0.5, 0.6) is 0 Å². The number of aliphatic hydroxyl groups excluding tert-OH is 1. The number of hydrogen-bond donors (Lipinski definition) is 2. The van der Waals surface area contributed by atoms with Gasteiger partial charge in [0.05, 0.1) is 27.2 Å². The fourth-order valence-electron chi connectivity index (χ4n) is 2.45. The number of aliphatic hydroxyl groups is 1. The molecule has 0 aromatic rings. The standard InChI is InChI=1S/C17H36N2O2.ClHO4/c1-4-5-6-7-8-9-10-12-17(21)18-13-11-14-19(2,3)15-16-20;2-1(3,4)5/h20H,4-16H2,1-3H3;(H,2,3,4,5). The average Bonchev–Trinajstić information content (AvgIpc) is 2.49. The van der Waals surface area contributed by atoms with Gasteiger partial charge >= 0.3 is 0 Å². The molecule has 0 saturated carbocycles. The van der Waals surface area contributed by atoms with Gasteiger partial charge in [0.2, 0.25) is 5.91 Å². The van der Waals surface area contributed by atoms with Crippen LogP contribution in [0.4, 0.5) is 0 Å². The van der Waals surface area contributed by atoms with E-state index in [0.717, 1.165) is 37.0 Å². The quantitative estimate of drug-likeness (QED) is 0.254. The molecule has 0 rings (SSSR count). The number of carbonyl (C=O) groups excluding carboxylic acids is 1. The van der Waals surface area contributed by atoms with Gasteiger partial charge in [-0.25, -0.2) is 18.6 Å². The minimum atomic E-state index is -4.94. The van der Waals surface area contributed by atoms with E-state index in [1.165, 1.54) is 38.5 Å². The molecule has 9 heteroatoms. The molecule has 158 valence electrons. The maximum Gasteiger partial charge on any atom is 0.219 e. The zero-order valence-electron chi connectivity index (χ0n) is 16.5. The third kappa shape index (κ3) is 28.3. The van der Waals surface area contributed by atoms with E-state index in [4.69, 9.17) is 23.7 Å².